The Kier molecular flexibility index (Phi) is 4.99. The van der Waals surface area contributed by atoms with Gasteiger partial charge in [0.05, 0.1) is 25.8 Å². The zero-order chi connectivity index (χ0) is 18.0. The Morgan fingerprint density at radius 1 is 1.16 bits per heavy atom. The standard InChI is InChI=1S/C19H19BrN2O3/c1-11(14-9-13(24-2)5-7-18(14)25-3)22-19(23)16-10-21-17-6-4-12(20)8-15(16)17/h4-11,21H,1-3H3,(H,22,23)/t11-/m1/s1. The smallest absolute Gasteiger partial charge is 0.253 e. The minimum Gasteiger partial charge on any atom is -0.497 e. The van der Waals surface area contributed by atoms with Gasteiger partial charge in [-0.1, -0.05) is 15.9 Å². The molecule has 0 saturated heterocycles. The summed E-state index contributed by atoms with van der Waals surface area (Å²) >= 11 is 3.45. The maximum Gasteiger partial charge on any atom is 0.253 e. The van der Waals surface area contributed by atoms with Gasteiger partial charge in [0, 0.05) is 27.1 Å². The van der Waals surface area contributed by atoms with Crippen LogP contribution in [0.2, 0.25) is 0 Å². The van der Waals surface area contributed by atoms with Crippen molar-refractivity contribution < 1.29 is 14.3 Å². The number of aromatic amines is 1. The average molecular weight is 403 g/mol. The summed E-state index contributed by atoms with van der Waals surface area (Å²) in [5.41, 5.74) is 2.38. The monoisotopic (exact) mass is 402 g/mol. The molecule has 3 rings (SSSR count). The number of H-pyrrole nitrogens is 1. The lowest BCUT2D eigenvalue weighted by atomic mass is 10.1. The maximum atomic E-state index is 12.8. The highest BCUT2D eigenvalue weighted by atomic mass is 79.9. The summed E-state index contributed by atoms with van der Waals surface area (Å²) < 4.78 is 11.6. The second-order valence-corrected chi connectivity index (χ2v) is 6.61. The average Bonchev–Trinajstić information content (AvgIpc) is 3.04. The fourth-order valence-electron chi connectivity index (χ4n) is 2.81. The number of fused-ring (bicyclic) bond motifs is 1. The number of nitrogens with one attached hydrogen (secondary N) is 2. The molecule has 2 N–H and O–H groups in total. The molecule has 0 spiro atoms. The number of hydrogen-bond donors (Lipinski definition) is 2. The van der Waals surface area contributed by atoms with Crippen molar-refractivity contribution in [1.29, 1.82) is 0 Å². The molecule has 1 heterocycles. The van der Waals surface area contributed by atoms with Gasteiger partial charge in [0.25, 0.3) is 5.91 Å². The predicted octanol–water partition coefficient (Wildman–Crippen LogP) is 4.44. The van der Waals surface area contributed by atoms with Gasteiger partial charge in [0.2, 0.25) is 0 Å². The van der Waals surface area contributed by atoms with E-state index in [1.807, 2.05) is 43.3 Å². The highest BCUT2D eigenvalue weighted by Gasteiger charge is 2.18. The first-order valence-electron chi connectivity index (χ1n) is 7.83. The Morgan fingerprint density at radius 3 is 2.68 bits per heavy atom. The van der Waals surface area contributed by atoms with E-state index < -0.39 is 0 Å². The Labute approximate surface area is 154 Å². The molecule has 0 aliphatic heterocycles. The molecule has 1 amide bonds. The lowest BCUT2D eigenvalue weighted by Crippen LogP contribution is -2.26. The van der Waals surface area contributed by atoms with E-state index in [9.17, 15) is 4.79 Å². The van der Waals surface area contributed by atoms with Crippen LogP contribution >= 0.6 is 15.9 Å². The number of rotatable bonds is 5. The quantitative estimate of drug-likeness (QED) is 0.662. The van der Waals surface area contributed by atoms with Crippen molar-refractivity contribution in [2.75, 3.05) is 14.2 Å². The normalized spacial score (nSPS) is 12.0. The van der Waals surface area contributed by atoms with Crippen molar-refractivity contribution in [3.8, 4) is 11.5 Å². The molecule has 5 nitrogen and oxygen atoms in total. The lowest BCUT2D eigenvalue weighted by Gasteiger charge is -2.18. The molecular weight excluding hydrogens is 384 g/mol. The zero-order valence-electron chi connectivity index (χ0n) is 14.2. The van der Waals surface area contributed by atoms with Gasteiger partial charge in [-0.3, -0.25) is 4.79 Å². The van der Waals surface area contributed by atoms with Crippen LogP contribution in [0.4, 0.5) is 0 Å². The van der Waals surface area contributed by atoms with Crippen molar-refractivity contribution in [3.05, 3.63) is 58.2 Å². The summed E-state index contributed by atoms with van der Waals surface area (Å²) in [6.45, 7) is 1.92. The van der Waals surface area contributed by atoms with Crippen molar-refractivity contribution in [2.24, 2.45) is 0 Å². The number of carbonyl (C=O) groups excluding carboxylic acids is 1. The lowest BCUT2D eigenvalue weighted by molar-refractivity contribution is 0.0941. The van der Waals surface area contributed by atoms with E-state index in [1.54, 1.807) is 20.4 Å². The first-order valence-corrected chi connectivity index (χ1v) is 8.62. The molecule has 0 saturated carbocycles. The number of benzene rings is 2. The van der Waals surface area contributed by atoms with Gasteiger partial charge >= 0.3 is 0 Å². The van der Waals surface area contributed by atoms with Gasteiger partial charge in [0.15, 0.2) is 0 Å². The first kappa shape index (κ1) is 17.4. The van der Waals surface area contributed by atoms with Gasteiger partial charge < -0.3 is 19.8 Å². The third-order valence-electron chi connectivity index (χ3n) is 4.14. The minimum absolute atomic E-state index is 0.151. The fourth-order valence-corrected chi connectivity index (χ4v) is 3.17. The van der Waals surface area contributed by atoms with E-state index >= 15 is 0 Å². The second kappa shape index (κ2) is 7.19. The molecule has 130 valence electrons. The number of halogens is 1. The van der Waals surface area contributed by atoms with Gasteiger partial charge in [-0.25, -0.2) is 0 Å². The summed E-state index contributed by atoms with van der Waals surface area (Å²) in [4.78, 5) is 15.9. The summed E-state index contributed by atoms with van der Waals surface area (Å²) in [5.74, 6) is 1.27. The van der Waals surface area contributed by atoms with Crippen molar-refractivity contribution >= 4 is 32.7 Å². The van der Waals surface area contributed by atoms with Crippen LogP contribution in [0.1, 0.15) is 28.9 Å². The highest BCUT2D eigenvalue weighted by Crippen LogP contribution is 2.30. The van der Waals surface area contributed by atoms with Crippen LogP contribution in [0.3, 0.4) is 0 Å². The molecule has 6 heteroatoms. The largest absolute Gasteiger partial charge is 0.497 e. The Hall–Kier alpha value is -2.47. The number of aromatic nitrogens is 1. The number of amides is 1. The second-order valence-electron chi connectivity index (χ2n) is 5.70. The summed E-state index contributed by atoms with van der Waals surface area (Å²) in [6, 6.07) is 11.1. The molecule has 0 radical (unpaired) electrons. The van der Waals surface area contributed by atoms with Crippen LogP contribution in [-0.4, -0.2) is 25.1 Å². The highest BCUT2D eigenvalue weighted by molar-refractivity contribution is 9.10. The van der Waals surface area contributed by atoms with E-state index in [0.29, 0.717) is 17.1 Å². The van der Waals surface area contributed by atoms with Gasteiger partial charge in [-0.15, -0.1) is 0 Å². The SMILES string of the molecule is COc1ccc(OC)c([C@@H](C)NC(=O)c2c[nH]c3ccc(Br)cc23)c1. The van der Waals surface area contributed by atoms with E-state index in [4.69, 9.17) is 9.47 Å². The number of methoxy groups -OCH3 is 2. The third-order valence-corrected chi connectivity index (χ3v) is 4.63. The van der Waals surface area contributed by atoms with E-state index in [0.717, 1.165) is 20.9 Å². The molecule has 3 aromatic rings. The maximum absolute atomic E-state index is 12.8. The topological polar surface area (TPSA) is 63.4 Å². The van der Waals surface area contributed by atoms with E-state index in [2.05, 4.69) is 26.2 Å². The zero-order valence-corrected chi connectivity index (χ0v) is 15.8. The Bertz CT molecular complexity index is 920. The Balaban J connectivity index is 1.88. The van der Waals surface area contributed by atoms with Crippen molar-refractivity contribution in [2.45, 2.75) is 13.0 Å². The molecule has 0 aliphatic carbocycles. The number of carbonyl (C=O) groups is 1. The van der Waals surface area contributed by atoms with Crippen molar-refractivity contribution in [1.82, 2.24) is 10.3 Å². The minimum atomic E-state index is -0.241. The molecule has 1 atom stereocenters. The molecule has 0 fully saturated rings. The molecule has 0 bridgehead atoms. The van der Waals surface area contributed by atoms with E-state index in [-0.39, 0.29) is 11.9 Å². The molecule has 0 unspecified atom stereocenters. The summed E-state index contributed by atoms with van der Waals surface area (Å²) in [7, 11) is 3.22. The molecule has 25 heavy (non-hydrogen) atoms. The first-order chi connectivity index (χ1) is 12.0. The van der Waals surface area contributed by atoms with Crippen LogP contribution < -0.4 is 14.8 Å². The van der Waals surface area contributed by atoms with Crippen LogP contribution in [0, 0.1) is 0 Å². The fraction of sp³-hybridized carbons (Fsp3) is 0.211. The van der Waals surface area contributed by atoms with Crippen LogP contribution in [0.5, 0.6) is 11.5 Å². The number of hydrogen-bond acceptors (Lipinski definition) is 3. The molecular formula is C19H19BrN2O3. The van der Waals surface area contributed by atoms with Crippen molar-refractivity contribution in [3.63, 3.8) is 0 Å². The van der Waals surface area contributed by atoms with Gasteiger partial charge in [-0.05, 0) is 43.3 Å². The number of ether oxygens (including phenoxy) is 2. The van der Waals surface area contributed by atoms with Gasteiger partial charge in [0.1, 0.15) is 11.5 Å². The van der Waals surface area contributed by atoms with Crippen LogP contribution in [-0.2, 0) is 0 Å². The van der Waals surface area contributed by atoms with Crippen LogP contribution in [0.25, 0.3) is 10.9 Å². The molecule has 0 aliphatic rings. The molecule has 1 aromatic heterocycles. The third kappa shape index (κ3) is 3.49. The van der Waals surface area contributed by atoms with E-state index in [1.165, 1.54) is 0 Å². The van der Waals surface area contributed by atoms with Crippen LogP contribution in [0.15, 0.2) is 47.1 Å². The molecule has 2 aromatic carbocycles. The van der Waals surface area contributed by atoms with Gasteiger partial charge in [-0.2, -0.15) is 0 Å². The predicted molar refractivity (Wildman–Crippen MR) is 101 cm³/mol. The Morgan fingerprint density at radius 2 is 1.96 bits per heavy atom. The summed E-state index contributed by atoms with van der Waals surface area (Å²) in [6.07, 6.45) is 1.72. The summed E-state index contributed by atoms with van der Waals surface area (Å²) in [5, 5.41) is 3.90.